The number of piperidine rings is 1. The van der Waals surface area contributed by atoms with Crippen molar-refractivity contribution in [2.45, 2.75) is 26.0 Å². The first kappa shape index (κ1) is 21.1. The maximum atomic E-state index is 12.6. The minimum Gasteiger partial charge on any atom is -0.484 e. The summed E-state index contributed by atoms with van der Waals surface area (Å²) >= 11 is 12.2. The van der Waals surface area contributed by atoms with Crippen molar-refractivity contribution in [3.05, 3.63) is 62.4 Å². The van der Waals surface area contributed by atoms with Crippen LogP contribution in [0.1, 0.15) is 24.4 Å². The molecule has 0 amide bonds. The SMILES string of the molecule is O=c1[nH]c(COc2cccc(Cl)c2Cl)nc2c(CNCC3CCNCC3)nccc12. The van der Waals surface area contributed by atoms with Crippen LogP contribution in [0.25, 0.3) is 10.9 Å². The van der Waals surface area contributed by atoms with E-state index < -0.39 is 0 Å². The van der Waals surface area contributed by atoms with E-state index in [1.165, 1.54) is 12.8 Å². The molecule has 9 heteroatoms. The number of hydrogen-bond acceptors (Lipinski definition) is 6. The molecule has 4 rings (SSSR count). The Morgan fingerprint density at radius 2 is 2.03 bits per heavy atom. The zero-order valence-corrected chi connectivity index (χ0v) is 17.9. The molecular weight excluding hydrogens is 425 g/mol. The number of pyridine rings is 1. The molecule has 0 unspecified atom stereocenters. The summed E-state index contributed by atoms with van der Waals surface area (Å²) in [5.74, 6) is 1.49. The molecule has 158 valence electrons. The first-order valence-electron chi connectivity index (χ1n) is 9.97. The summed E-state index contributed by atoms with van der Waals surface area (Å²) in [4.78, 5) is 24.4. The zero-order valence-electron chi connectivity index (χ0n) is 16.4. The van der Waals surface area contributed by atoms with Crippen LogP contribution in [0.2, 0.25) is 10.0 Å². The van der Waals surface area contributed by atoms with Crippen molar-refractivity contribution in [3.8, 4) is 5.75 Å². The molecule has 2 aromatic heterocycles. The number of nitrogens with one attached hydrogen (secondary N) is 3. The van der Waals surface area contributed by atoms with Gasteiger partial charge in [-0.25, -0.2) is 4.98 Å². The molecule has 1 saturated heterocycles. The van der Waals surface area contributed by atoms with Gasteiger partial charge >= 0.3 is 0 Å². The lowest BCUT2D eigenvalue weighted by atomic mass is 9.98. The lowest BCUT2D eigenvalue weighted by Crippen LogP contribution is -2.33. The predicted octanol–water partition coefficient (Wildman–Crippen LogP) is 3.29. The fourth-order valence-corrected chi connectivity index (χ4v) is 3.93. The summed E-state index contributed by atoms with van der Waals surface area (Å²) in [5, 5.41) is 8.08. The largest absolute Gasteiger partial charge is 0.484 e. The summed E-state index contributed by atoms with van der Waals surface area (Å²) in [5.41, 5.74) is 1.10. The number of H-pyrrole nitrogens is 1. The summed E-state index contributed by atoms with van der Waals surface area (Å²) in [6, 6.07) is 6.82. The summed E-state index contributed by atoms with van der Waals surface area (Å²) in [6.07, 6.45) is 3.98. The van der Waals surface area contributed by atoms with Crippen LogP contribution in [-0.4, -0.2) is 34.6 Å². The second-order valence-electron chi connectivity index (χ2n) is 7.33. The van der Waals surface area contributed by atoms with E-state index >= 15 is 0 Å². The van der Waals surface area contributed by atoms with Gasteiger partial charge in [0.2, 0.25) is 0 Å². The Balaban J connectivity index is 1.50. The summed E-state index contributed by atoms with van der Waals surface area (Å²) in [7, 11) is 0. The maximum Gasteiger partial charge on any atom is 0.258 e. The molecule has 1 aliphatic heterocycles. The molecule has 30 heavy (non-hydrogen) atoms. The van der Waals surface area contributed by atoms with Gasteiger partial charge in [0, 0.05) is 12.7 Å². The summed E-state index contributed by atoms with van der Waals surface area (Å²) in [6.45, 7) is 3.66. The second-order valence-corrected chi connectivity index (χ2v) is 8.12. The van der Waals surface area contributed by atoms with Crippen molar-refractivity contribution in [1.29, 1.82) is 0 Å². The highest BCUT2D eigenvalue weighted by Gasteiger charge is 2.14. The molecule has 7 nitrogen and oxygen atoms in total. The first-order chi connectivity index (χ1) is 14.6. The smallest absolute Gasteiger partial charge is 0.258 e. The highest BCUT2D eigenvalue weighted by Crippen LogP contribution is 2.31. The van der Waals surface area contributed by atoms with Crippen LogP contribution in [0.15, 0.2) is 35.3 Å². The predicted molar refractivity (Wildman–Crippen MR) is 118 cm³/mol. The zero-order chi connectivity index (χ0) is 20.9. The van der Waals surface area contributed by atoms with Crippen LogP contribution in [0.5, 0.6) is 5.75 Å². The third kappa shape index (κ3) is 4.92. The number of ether oxygens (including phenoxy) is 1. The van der Waals surface area contributed by atoms with Gasteiger partial charge in [-0.15, -0.1) is 0 Å². The standard InChI is InChI=1S/C21H23Cl2N5O2/c22-15-2-1-3-17(19(15)23)30-12-18-27-20-14(21(29)28-18)6-9-26-16(20)11-25-10-13-4-7-24-8-5-13/h1-3,6,9,13,24-25H,4-5,7-8,10-12H2,(H,27,28,29). The monoisotopic (exact) mass is 447 g/mol. The number of aromatic amines is 1. The highest BCUT2D eigenvalue weighted by molar-refractivity contribution is 6.42. The Kier molecular flexibility index (Phi) is 6.84. The van der Waals surface area contributed by atoms with Crippen LogP contribution < -0.4 is 20.9 Å². The molecule has 0 atom stereocenters. The molecule has 0 saturated carbocycles. The fourth-order valence-electron chi connectivity index (χ4n) is 3.59. The quantitative estimate of drug-likeness (QED) is 0.514. The van der Waals surface area contributed by atoms with E-state index in [1.54, 1.807) is 30.5 Å². The van der Waals surface area contributed by atoms with E-state index in [1.807, 2.05) is 0 Å². The van der Waals surface area contributed by atoms with Crippen molar-refractivity contribution in [2.75, 3.05) is 19.6 Å². The maximum absolute atomic E-state index is 12.6. The number of nitrogens with zero attached hydrogens (tertiary/aromatic N) is 2. The molecule has 0 bridgehead atoms. The lowest BCUT2D eigenvalue weighted by molar-refractivity contribution is 0.296. The van der Waals surface area contributed by atoms with E-state index in [9.17, 15) is 4.79 Å². The van der Waals surface area contributed by atoms with Gasteiger partial charge < -0.3 is 20.4 Å². The number of benzene rings is 1. The van der Waals surface area contributed by atoms with E-state index in [2.05, 4.69) is 25.6 Å². The van der Waals surface area contributed by atoms with E-state index in [-0.39, 0.29) is 12.2 Å². The van der Waals surface area contributed by atoms with Gasteiger partial charge in [0.15, 0.2) is 0 Å². The van der Waals surface area contributed by atoms with Crippen LogP contribution in [0, 0.1) is 5.92 Å². The van der Waals surface area contributed by atoms with Gasteiger partial charge in [0.05, 0.1) is 16.1 Å². The fraction of sp³-hybridized carbons (Fsp3) is 0.381. The van der Waals surface area contributed by atoms with Crippen LogP contribution >= 0.6 is 23.2 Å². The Morgan fingerprint density at radius 1 is 1.20 bits per heavy atom. The Bertz CT molecular complexity index is 1080. The number of aromatic nitrogens is 3. The number of rotatable bonds is 7. The third-order valence-electron chi connectivity index (χ3n) is 5.21. The molecule has 0 spiro atoms. The summed E-state index contributed by atoms with van der Waals surface area (Å²) < 4.78 is 5.72. The van der Waals surface area contributed by atoms with Crippen LogP contribution in [0.3, 0.4) is 0 Å². The Labute approximate surface area is 184 Å². The van der Waals surface area contributed by atoms with Crippen LogP contribution in [0.4, 0.5) is 0 Å². The van der Waals surface area contributed by atoms with Gasteiger partial charge in [-0.2, -0.15) is 0 Å². The van der Waals surface area contributed by atoms with Gasteiger partial charge in [-0.05, 0) is 56.6 Å². The number of hydrogen-bond donors (Lipinski definition) is 3. The van der Waals surface area contributed by atoms with Gasteiger partial charge in [-0.1, -0.05) is 29.3 Å². The normalized spacial score (nSPS) is 14.9. The Morgan fingerprint density at radius 3 is 2.87 bits per heavy atom. The molecule has 0 radical (unpaired) electrons. The topological polar surface area (TPSA) is 91.9 Å². The lowest BCUT2D eigenvalue weighted by Gasteiger charge is -2.22. The molecule has 0 aliphatic carbocycles. The van der Waals surface area contributed by atoms with E-state index in [0.29, 0.717) is 45.0 Å². The van der Waals surface area contributed by atoms with Crippen molar-refractivity contribution >= 4 is 34.1 Å². The molecule has 3 heterocycles. The Hall–Kier alpha value is -2.19. The van der Waals surface area contributed by atoms with Crippen molar-refractivity contribution < 1.29 is 4.74 Å². The van der Waals surface area contributed by atoms with E-state index in [4.69, 9.17) is 27.9 Å². The average Bonchev–Trinajstić information content (AvgIpc) is 2.76. The van der Waals surface area contributed by atoms with Gasteiger partial charge in [-0.3, -0.25) is 9.78 Å². The van der Waals surface area contributed by atoms with Crippen molar-refractivity contribution in [1.82, 2.24) is 25.6 Å². The molecule has 3 aromatic rings. The highest BCUT2D eigenvalue weighted by atomic mass is 35.5. The third-order valence-corrected chi connectivity index (χ3v) is 6.02. The van der Waals surface area contributed by atoms with E-state index in [0.717, 1.165) is 25.3 Å². The van der Waals surface area contributed by atoms with Gasteiger partial charge in [0.25, 0.3) is 5.56 Å². The number of halogens is 2. The minimum absolute atomic E-state index is 0.0576. The average molecular weight is 448 g/mol. The van der Waals surface area contributed by atoms with Crippen molar-refractivity contribution in [3.63, 3.8) is 0 Å². The van der Waals surface area contributed by atoms with Crippen LogP contribution in [-0.2, 0) is 13.2 Å². The first-order valence-corrected chi connectivity index (χ1v) is 10.7. The molecule has 3 N–H and O–H groups in total. The second kappa shape index (κ2) is 9.75. The molecular formula is C21H23Cl2N5O2. The minimum atomic E-state index is -0.224. The van der Waals surface area contributed by atoms with Gasteiger partial charge in [0.1, 0.15) is 28.7 Å². The van der Waals surface area contributed by atoms with Crippen molar-refractivity contribution in [2.24, 2.45) is 5.92 Å². The molecule has 1 aliphatic rings. The molecule has 1 aromatic carbocycles. The molecule has 1 fully saturated rings. The number of fused-ring (bicyclic) bond motifs is 1.